The fourth-order valence-electron chi connectivity index (χ4n) is 2.41. The van der Waals surface area contributed by atoms with Gasteiger partial charge in [0.2, 0.25) is 5.76 Å². The molecule has 3 rings (SSSR count). The van der Waals surface area contributed by atoms with E-state index >= 15 is 0 Å². The Kier molecular flexibility index (Phi) is 6.83. The van der Waals surface area contributed by atoms with Gasteiger partial charge in [-0.25, -0.2) is 9.78 Å². The second kappa shape index (κ2) is 9.93. The standard InChI is InChI=1S/C21H21N3O5/c1-3-27-19-12-15(13-23-24-20-6-4-5-11-22-20)7-9-17(19)28-14-16-8-10-18(29-16)21(25)26-2/h4-13H,3,14H2,1-2H3,(H,22,24). The van der Waals surface area contributed by atoms with Crippen LogP contribution >= 0.6 is 0 Å². The maximum absolute atomic E-state index is 11.5. The Morgan fingerprint density at radius 3 is 2.83 bits per heavy atom. The molecule has 150 valence electrons. The number of hydrazone groups is 1. The normalized spacial score (nSPS) is 10.7. The molecule has 0 spiro atoms. The minimum Gasteiger partial charge on any atom is -0.490 e. The number of anilines is 1. The largest absolute Gasteiger partial charge is 0.490 e. The summed E-state index contributed by atoms with van der Waals surface area (Å²) >= 11 is 0. The minimum atomic E-state index is -0.533. The molecule has 0 saturated heterocycles. The van der Waals surface area contributed by atoms with E-state index in [-0.39, 0.29) is 12.4 Å². The molecule has 0 aliphatic rings. The first-order chi connectivity index (χ1) is 14.2. The SMILES string of the molecule is CCOc1cc(C=NNc2ccccn2)ccc1OCc1ccc(C(=O)OC)o1. The number of carbonyl (C=O) groups is 1. The van der Waals surface area contributed by atoms with Crippen molar-refractivity contribution in [3.63, 3.8) is 0 Å². The van der Waals surface area contributed by atoms with Crippen LogP contribution in [0.15, 0.2) is 64.2 Å². The third-order valence-corrected chi connectivity index (χ3v) is 3.74. The molecule has 0 aliphatic heterocycles. The number of methoxy groups -OCH3 is 1. The highest BCUT2D eigenvalue weighted by molar-refractivity contribution is 5.86. The summed E-state index contributed by atoms with van der Waals surface area (Å²) in [5.41, 5.74) is 3.69. The number of esters is 1. The van der Waals surface area contributed by atoms with Crippen LogP contribution in [0.5, 0.6) is 11.5 Å². The molecular weight excluding hydrogens is 374 g/mol. The number of aromatic nitrogens is 1. The highest BCUT2D eigenvalue weighted by Crippen LogP contribution is 2.29. The summed E-state index contributed by atoms with van der Waals surface area (Å²) in [5.74, 6) is 1.88. The highest BCUT2D eigenvalue weighted by atomic mass is 16.5. The van der Waals surface area contributed by atoms with Gasteiger partial charge in [0.1, 0.15) is 18.2 Å². The Morgan fingerprint density at radius 1 is 1.17 bits per heavy atom. The van der Waals surface area contributed by atoms with Gasteiger partial charge in [0.25, 0.3) is 0 Å². The lowest BCUT2D eigenvalue weighted by atomic mass is 10.2. The number of hydrogen-bond donors (Lipinski definition) is 1. The molecule has 0 aliphatic carbocycles. The number of nitrogens with zero attached hydrogens (tertiary/aromatic N) is 2. The number of furan rings is 1. The summed E-state index contributed by atoms with van der Waals surface area (Å²) in [4.78, 5) is 15.6. The van der Waals surface area contributed by atoms with Crippen LogP contribution < -0.4 is 14.9 Å². The van der Waals surface area contributed by atoms with Crippen molar-refractivity contribution < 1.29 is 23.4 Å². The maximum Gasteiger partial charge on any atom is 0.373 e. The Morgan fingerprint density at radius 2 is 2.07 bits per heavy atom. The van der Waals surface area contributed by atoms with Crippen molar-refractivity contribution in [2.75, 3.05) is 19.1 Å². The van der Waals surface area contributed by atoms with Gasteiger partial charge in [-0.3, -0.25) is 5.43 Å². The summed E-state index contributed by atoms with van der Waals surface area (Å²) in [6, 6.07) is 14.2. The van der Waals surface area contributed by atoms with Crippen LogP contribution in [-0.2, 0) is 11.3 Å². The third kappa shape index (κ3) is 5.58. The number of hydrogen-bond acceptors (Lipinski definition) is 8. The van der Waals surface area contributed by atoms with Gasteiger partial charge in [-0.2, -0.15) is 5.10 Å². The van der Waals surface area contributed by atoms with Gasteiger partial charge in [0, 0.05) is 6.20 Å². The first kappa shape index (κ1) is 19.9. The van der Waals surface area contributed by atoms with Crippen molar-refractivity contribution >= 4 is 18.0 Å². The van der Waals surface area contributed by atoms with Gasteiger partial charge >= 0.3 is 5.97 Å². The van der Waals surface area contributed by atoms with Gasteiger partial charge < -0.3 is 18.6 Å². The Labute approximate surface area is 168 Å². The lowest BCUT2D eigenvalue weighted by molar-refractivity contribution is 0.0561. The van der Waals surface area contributed by atoms with Crippen LogP contribution in [0, 0.1) is 0 Å². The highest BCUT2D eigenvalue weighted by Gasteiger charge is 2.12. The van der Waals surface area contributed by atoms with Crippen LogP contribution in [0.3, 0.4) is 0 Å². The van der Waals surface area contributed by atoms with E-state index in [1.807, 2.05) is 37.3 Å². The van der Waals surface area contributed by atoms with E-state index in [1.54, 1.807) is 30.6 Å². The van der Waals surface area contributed by atoms with Crippen molar-refractivity contribution in [3.05, 3.63) is 71.8 Å². The van der Waals surface area contributed by atoms with E-state index in [0.717, 1.165) is 5.56 Å². The number of nitrogens with one attached hydrogen (secondary N) is 1. The fourth-order valence-corrected chi connectivity index (χ4v) is 2.41. The van der Waals surface area contributed by atoms with Crippen LogP contribution in [0.25, 0.3) is 0 Å². The quantitative estimate of drug-likeness (QED) is 0.334. The first-order valence-corrected chi connectivity index (χ1v) is 8.96. The fraction of sp³-hybridized carbons (Fsp3) is 0.190. The minimum absolute atomic E-state index is 0.128. The van der Waals surface area contributed by atoms with Crippen molar-refractivity contribution in [3.8, 4) is 11.5 Å². The molecule has 8 nitrogen and oxygen atoms in total. The topological polar surface area (TPSA) is 95.2 Å². The molecule has 1 aromatic carbocycles. The summed E-state index contributed by atoms with van der Waals surface area (Å²) in [5, 5.41) is 4.17. The molecule has 0 fully saturated rings. The lowest BCUT2D eigenvalue weighted by Crippen LogP contribution is -2.01. The number of rotatable bonds is 9. The number of carbonyl (C=O) groups excluding carboxylic acids is 1. The second-order valence-electron chi connectivity index (χ2n) is 5.77. The molecule has 3 aromatic rings. The molecule has 2 heterocycles. The molecule has 0 bridgehead atoms. The Balaban J connectivity index is 1.65. The van der Waals surface area contributed by atoms with Gasteiger partial charge in [-0.15, -0.1) is 0 Å². The smallest absolute Gasteiger partial charge is 0.373 e. The van der Waals surface area contributed by atoms with E-state index in [2.05, 4.69) is 20.2 Å². The van der Waals surface area contributed by atoms with Crippen LogP contribution in [-0.4, -0.2) is 30.9 Å². The summed E-state index contributed by atoms with van der Waals surface area (Å²) in [6.07, 6.45) is 3.35. The monoisotopic (exact) mass is 395 g/mol. The number of pyridine rings is 1. The third-order valence-electron chi connectivity index (χ3n) is 3.74. The van der Waals surface area contributed by atoms with Crippen LogP contribution in [0.4, 0.5) is 5.82 Å². The van der Waals surface area contributed by atoms with E-state index < -0.39 is 5.97 Å². The van der Waals surface area contributed by atoms with Gasteiger partial charge in [0.15, 0.2) is 11.5 Å². The molecular formula is C21H21N3O5. The van der Waals surface area contributed by atoms with Crippen LogP contribution in [0.1, 0.15) is 28.8 Å². The molecule has 2 aromatic heterocycles. The summed E-state index contributed by atoms with van der Waals surface area (Å²) in [6.45, 7) is 2.52. The average Bonchev–Trinajstić information content (AvgIpc) is 3.23. The van der Waals surface area contributed by atoms with Crippen molar-refractivity contribution in [1.82, 2.24) is 4.98 Å². The zero-order valence-corrected chi connectivity index (χ0v) is 16.1. The van der Waals surface area contributed by atoms with Gasteiger partial charge in [-0.05, 0) is 55.0 Å². The van der Waals surface area contributed by atoms with Gasteiger partial charge in [0.05, 0.1) is 19.9 Å². The van der Waals surface area contributed by atoms with E-state index in [4.69, 9.17) is 13.9 Å². The summed E-state index contributed by atoms with van der Waals surface area (Å²) < 4.78 is 21.5. The zero-order chi connectivity index (χ0) is 20.5. The van der Waals surface area contributed by atoms with Gasteiger partial charge in [-0.1, -0.05) is 6.07 Å². The number of benzene rings is 1. The predicted octanol–water partition coefficient (Wildman–Crippen LogP) is 3.88. The first-order valence-electron chi connectivity index (χ1n) is 8.96. The average molecular weight is 395 g/mol. The van der Waals surface area contributed by atoms with Crippen LogP contribution in [0.2, 0.25) is 0 Å². The molecule has 0 radical (unpaired) electrons. The van der Waals surface area contributed by atoms with E-state index in [1.165, 1.54) is 7.11 Å². The molecule has 0 saturated carbocycles. The molecule has 0 atom stereocenters. The lowest BCUT2D eigenvalue weighted by Gasteiger charge is -2.11. The summed E-state index contributed by atoms with van der Waals surface area (Å²) in [7, 11) is 1.30. The Hall–Kier alpha value is -3.81. The molecule has 0 unspecified atom stereocenters. The predicted molar refractivity (Wildman–Crippen MR) is 107 cm³/mol. The Bertz CT molecular complexity index is 969. The second-order valence-corrected chi connectivity index (χ2v) is 5.77. The number of ether oxygens (including phenoxy) is 3. The molecule has 1 N–H and O–H groups in total. The van der Waals surface area contributed by atoms with E-state index in [0.29, 0.717) is 29.7 Å². The van der Waals surface area contributed by atoms with Crippen molar-refractivity contribution in [1.29, 1.82) is 0 Å². The van der Waals surface area contributed by atoms with E-state index in [9.17, 15) is 4.79 Å². The zero-order valence-electron chi connectivity index (χ0n) is 16.1. The molecule has 29 heavy (non-hydrogen) atoms. The van der Waals surface area contributed by atoms with Crippen molar-refractivity contribution in [2.24, 2.45) is 5.10 Å². The molecule has 8 heteroatoms. The van der Waals surface area contributed by atoms with Crippen molar-refractivity contribution in [2.45, 2.75) is 13.5 Å². The maximum atomic E-state index is 11.5. The molecule has 0 amide bonds.